The highest BCUT2D eigenvalue weighted by atomic mass is 16.3. The number of aliphatic hydroxyl groups is 3. The first-order chi connectivity index (χ1) is 19.8. The Bertz CT molecular complexity index is 1580. The highest BCUT2D eigenvalue weighted by molar-refractivity contribution is 6.24. The third-order valence-electron chi connectivity index (χ3n) is 9.14. The van der Waals surface area contributed by atoms with Crippen LogP contribution < -0.4 is 5.73 Å². The number of allylic oxidation sites excluding steroid dienone is 2. The van der Waals surface area contributed by atoms with Crippen LogP contribution in [0.3, 0.4) is 0 Å². The number of aliphatic hydroxyl groups excluding tert-OH is 2. The molecule has 222 valence electrons. The number of nitrogens with zero attached hydrogens (tertiary/aromatic N) is 1. The van der Waals surface area contributed by atoms with Gasteiger partial charge in [0.2, 0.25) is 5.78 Å². The average Bonchev–Trinajstić information content (AvgIpc) is 3.46. The van der Waals surface area contributed by atoms with Gasteiger partial charge in [-0.2, -0.15) is 0 Å². The van der Waals surface area contributed by atoms with Gasteiger partial charge in [-0.15, -0.1) is 0 Å². The average molecular weight is 577 g/mol. The van der Waals surface area contributed by atoms with E-state index >= 15 is 0 Å². The molecule has 10 heteroatoms. The summed E-state index contributed by atoms with van der Waals surface area (Å²) < 4.78 is 5.34. The Morgan fingerprint density at radius 1 is 1.24 bits per heavy atom. The van der Waals surface area contributed by atoms with Crippen LogP contribution in [0.2, 0.25) is 0 Å². The van der Waals surface area contributed by atoms with Gasteiger partial charge in [0.15, 0.2) is 11.4 Å². The number of rotatable bonds is 7. The number of fused-ring (bicyclic) bond motifs is 3. The van der Waals surface area contributed by atoms with E-state index in [4.69, 9.17) is 10.2 Å². The highest BCUT2D eigenvalue weighted by Gasteiger charge is 2.64. The lowest BCUT2D eigenvalue weighted by molar-refractivity contribution is -0.153. The SMILES string of the molecule is C/C=C(/C)CCCc1cc(-c2ccoc2)c2c(c1O)C(O)=C1C(=O)[C@]3(O)C(O)=C(C(N)=O)C(=O)[C@@H](N(C)C)[C@@H]3C[C@@H]1C2. The molecular formula is C32H36N2O8. The first kappa shape index (κ1) is 29.3. The molecule has 1 fully saturated rings. The summed E-state index contributed by atoms with van der Waals surface area (Å²) in [6.45, 7) is 3.99. The number of benzene rings is 1. The summed E-state index contributed by atoms with van der Waals surface area (Å²) in [6, 6.07) is 2.52. The van der Waals surface area contributed by atoms with E-state index in [-0.39, 0.29) is 29.7 Å². The number of Topliss-reactive ketones (excluding diaryl/α,β-unsaturated/α-hetero) is 2. The summed E-state index contributed by atoms with van der Waals surface area (Å²) in [6.07, 6.45) is 7.41. The van der Waals surface area contributed by atoms with E-state index in [1.54, 1.807) is 26.4 Å². The van der Waals surface area contributed by atoms with Crippen molar-refractivity contribution in [3.8, 4) is 16.9 Å². The second kappa shape index (κ2) is 10.6. The van der Waals surface area contributed by atoms with Crippen molar-refractivity contribution in [2.45, 2.75) is 57.6 Å². The first-order valence-electron chi connectivity index (χ1n) is 14.0. The van der Waals surface area contributed by atoms with Gasteiger partial charge in [0.25, 0.3) is 5.91 Å². The number of amides is 1. The number of carbonyl (C=O) groups is 3. The maximum atomic E-state index is 14.1. The Balaban J connectivity index is 1.71. The van der Waals surface area contributed by atoms with Gasteiger partial charge >= 0.3 is 0 Å². The number of aryl methyl sites for hydroxylation is 1. The third kappa shape index (κ3) is 4.28. The van der Waals surface area contributed by atoms with Gasteiger partial charge in [-0.05, 0) is 94.8 Å². The molecule has 1 amide bonds. The van der Waals surface area contributed by atoms with E-state index < -0.39 is 58.0 Å². The fourth-order valence-electron chi connectivity index (χ4n) is 6.94. The number of furan rings is 1. The molecule has 0 unspecified atom stereocenters. The first-order valence-corrected chi connectivity index (χ1v) is 14.0. The minimum absolute atomic E-state index is 0.0295. The Hall–Kier alpha value is -4.15. The quantitative estimate of drug-likeness (QED) is 0.244. The van der Waals surface area contributed by atoms with Gasteiger partial charge in [-0.3, -0.25) is 19.3 Å². The largest absolute Gasteiger partial charge is 0.508 e. The molecule has 2 aromatic rings. The lowest BCUT2D eigenvalue weighted by Gasteiger charge is -2.50. The molecule has 1 aromatic carbocycles. The Kier molecular flexibility index (Phi) is 7.40. The van der Waals surface area contributed by atoms with E-state index in [2.05, 4.69) is 0 Å². The van der Waals surface area contributed by atoms with Crippen LogP contribution in [0, 0.1) is 11.8 Å². The minimum Gasteiger partial charge on any atom is -0.508 e. The number of carbonyl (C=O) groups excluding carboxylic acids is 3. The standard InChI is InChI=1S/C32H36N2O8/c1-5-15(2)7-6-8-16-11-19(17-9-10-42-14-17)20-12-18-13-21-25(34(3)4)28(37)24(31(33)40)30(39)32(21,41)29(38)22(18)27(36)23(20)26(16)35/h5,9-11,14,18,21,25,35-36,39,41H,6-8,12-13H2,1-4H3,(H2,33,40)/b15-5-/t18-,21-,25-,32-/m0/s1. The number of aromatic hydroxyl groups is 1. The number of phenols is 1. The van der Waals surface area contributed by atoms with E-state index in [9.17, 15) is 34.8 Å². The molecule has 0 aliphatic heterocycles. The van der Waals surface area contributed by atoms with Crippen molar-refractivity contribution in [3.63, 3.8) is 0 Å². The van der Waals surface area contributed by atoms with Crippen LogP contribution >= 0.6 is 0 Å². The molecule has 4 atom stereocenters. The van der Waals surface area contributed by atoms with Crippen LogP contribution in [0.25, 0.3) is 16.9 Å². The summed E-state index contributed by atoms with van der Waals surface area (Å²) in [7, 11) is 3.14. The van der Waals surface area contributed by atoms with Crippen molar-refractivity contribution < 1.29 is 39.2 Å². The molecule has 3 aliphatic rings. The second-order valence-electron chi connectivity index (χ2n) is 11.7. The number of hydrogen-bond donors (Lipinski definition) is 5. The van der Waals surface area contributed by atoms with Crippen molar-refractivity contribution >= 4 is 23.2 Å². The monoisotopic (exact) mass is 576 g/mol. The van der Waals surface area contributed by atoms with E-state index in [1.807, 2.05) is 26.0 Å². The molecule has 42 heavy (non-hydrogen) atoms. The van der Waals surface area contributed by atoms with E-state index in [0.29, 0.717) is 17.5 Å². The Labute approximate surface area is 243 Å². The molecule has 1 saturated carbocycles. The highest BCUT2D eigenvalue weighted by Crippen LogP contribution is 2.54. The summed E-state index contributed by atoms with van der Waals surface area (Å²) in [4.78, 5) is 41.1. The predicted molar refractivity (Wildman–Crippen MR) is 154 cm³/mol. The molecule has 10 nitrogen and oxygen atoms in total. The number of ketones is 2. The molecule has 6 N–H and O–H groups in total. The lowest BCUT2D eigenvalue weighted by Crippen LogP contribution is -2.65. The number of phenolic OH excluding ortho intramolecular Hbond substituents is 1. The van der Waals surface area contributed by atoms with Crippen molar-refractivity contribution in [1.29, 1.82) is 0 Å². The number of primary amides is 1. The Morgan fingerprint density at radius 2 is 1.95 bits per heavy atom. The number of likely N-dealkylation sites (N-methyl/N-ethyl adjacent to an activating group) is 1. The maximum Gasteiger partial charge on any atom is 0.255 e. The van der Waals surface area contributed by atoms with E-state index in [0.717, 1.165) is 24.0 Å². The smallest absolute Gasteiger partial charge is 0.255 e. The fourth-order valence-corrected chi connectivity index (χ4v) is 6.94. The van der Waals surface area contributed by atoms with Crippen molar-refractivity contribution in [1.82, 2.24) is 4.90 Å². The summed E-state index contributed by atoms with van der Waals surface area (Å²) in [5.74, 6) is -6.62. The third-order valence-corrected chi connectivity index (χ3v) is 9.14. The van der Waals surface area contributed by atoms with Gasteiger partial charge in [0.1, 0.15) is 22.8 Å². The van der Waals surface area contributed by atoms with Crippen LogP contribution in [0.4, 0.5) is 0 Å². The predicted octanol–water partition coefficient (Wildman–Crippen LogP) is 3.51. The molecule has 3 aliphatic carbocycles. The zero-order valence-electron chi connectivity index (χ0n) is 24.1. The lowest BCUT2D eigenvalue weighted by atomic mass is 9.57. The van der Waals surface area contributed by atoms with Crippen LogP contribution in [-0.4, -0.2) is 68.5 Å². The maximum absolute atomic E-state index is 14.1. The van der Waals surface area contributed by atoms with Gasteiger partial charge in [-0.1, -0.05) is 11.6 Å². The van der Waals surface area contributed by atoms with Crippen LogP contribution in [-0.2, 0) is 27.2 Å². The molecule has 1 heterocycles. The molecule has 5 rings (SSSR count). The van der Waals surface area contributed by atoms with E-state index in [1.165, 1.54) is 16.7 Å². The molecular weight excluding hydrogens is 540 g/mol. The topological polar surface area (TPSA) is 175 Å². The van der Waals surface area contributed by atoms with Crippen LogP contribution in [0.15, 0.2) is 57.6 Å². The van der Waals surface area contributed by atoms with Gasteiger partial charge in [0, 0.05) is 17.1 Å². The second-order valence-corrected chi connectivity index (χ2v) is 11.7. The molecule has 0 spiro atoms. The Morgan fingerprint density at radius 3 is 2.55 bits per heavy atom. The molecule has 0 saturated heterocycles. The molecule has 1 aromatic heterocycles. The van der Waals surface area contributed by atoms with Crippen LogP contribution in [0.5, 0.6) is 5.75 Å². The fraction of sp³-hybridized carbons (Fsp3) is 0.406. The zero-order valence-corrected chi connectivity index (χ0v) is 24.1. The van der Waals surface area contributed by atoms with Gasteiger partial charge in [0.05, 0.1) is 24.1 Å². The van der Waals surface area contributed by atoms with Crippen LogP contribution in [0.1, 0.15) is 49.8 Å². The number of nitrogens with two attached hydrogens (primary N) is 1. The normalized spacial score (nSPS) is 26.0. The van der Waals surface area contributed by atoms with Crippen molar-refractivity contribution in [2.24, 2.45) is 17.6 Å². The van der Waals surface area contributed by atoms with Crippen molar-refractivity contribution in [2.75, 3.05) is 14.1 Å². The van der Waals surface area contributed by atoms with Gasteiger partial charge in [-0.25, -0.2) is 0 Å². The summed E-state index contributed by atoms with van der Waals surface area (Å²) in [5, 5.41) is 46.0. The molecule has 0 radical (unpaired) electrons. The summed E-state index contributed by atoms with van der Waals surface area (Å²) >= 11 is 0. The zero-order chi connectivity index (χ0) is 30.7. The number of hydrogen-bond acceptors (Lipinski definition) is 9. The minimum atomic E-state index is -2.67. The van der Waals surface area contributed by atoms with Crippen molar-refractivity contribution in [3.05, 3.63) is 69.9 Å². The van der Waals surface area contributed by atoms with Gasteiger partial charge < -0.3 is 30.6 Å². The molecule has 0 bridgehead atoms. The summed E-state index contributed by atoms with van der Waals surface area (Å²) in [5.41, 5.74) is 5.67.